The highest BCUT2D eigenvalue weighted by Crippen LogP contribution is 2.47. The van der Waals surface area contributed by atoms with E-state index in [0.29, 0.717) is 0 Å². The van der Waals surface area contributed by atoms with Gasteiger partial charge in [0.15, 0.2) is 5.58 Å². The lowest BCUT2D eigenvalue weighted by atomic mass is 9.96. The number of hydrogen-bond donors (Lipinski definition) is 0. The second-order valence-electron chi connectivity index (χ2n) is 15.5. The zero-order valence-electron chi connectivity index (χ0n) is 31.3. The van der Waals surface area contributed by atoms with Crippen LogP contribution in [0.1, 0.15) is 0 Å². The molecule has 0 spiro atoms. The van der Waals surface area contributed by atoms with Crippen molar-refractivity contribution in [1.82, 2.24) is 4.57 Å². The molecule has 0 saturated carbocycles. The average molecular weight is 772 g/mol. The predicted octanol–water partition coefficient (Wildman–Crippen LogP) is 16.2. The first-order valence-electron chi connectivity index (χ1n) is 19.9. The summed E-state index contributed by atoms with van der Waals surface area (Å²) >= 11 is 1.85. The topological polar surface area (TPSA) is 44.4 Å². The van der Waals surface area contributed by atoms with Crippen molar-refractivity contribution in [3.8, 4) is 27.9 Å². The minimum Gasteiger partial charge on any atom is -0.456 e. The van der Waals surface area contributed by atoms with E-state index in [1.807, 2.05) is 23.5 Å². The number of rotatable bonds is 3. The molecular weight excluding hydrogens is 743 g/mol. The zero-order valence-corrected chi connectivity index (χ0v) is 32.1. The van der Waals surface area contributed by atoms with Gasteiger partial charge in [-0.25, -0.2) is 0 Å². The molecule has 0 aliphatic heterocycles. The summed E-state index contributed by atoms with van der Waals surface area (Å²) in [5, 5.41) is 11.4. The molecule has 5 aromatic heterocycles. The molecule has 0 bridgehead atoms. The smallest absolute Gasteiger partial charge is 0.159 e. The van der Waals surface area contributed by atoms with Crippen LogP contribution in [0.2, 0.25) is 0 Å². The van der Waals surface area contributed by atoms with Gasteiger partial charge in [0.2, 0.25) is 0 Å². The van der Waals surface area contributed by atoms with Crippen LogP contribution in [0.5, 0.6) is 0 Å². The van der Waals surface area contributed by atoms with Crippen LogP contribution in [-0.4, -0.2) is 4.57 Å². The van der Waals surface area contributed by atoms with Gasteiger partial charge in [0.25, 0.3) is 0 Å². The molecule has 0 aliphatic carbocycles. The number of furan rings is 3. The van der Waals surface area contributed by atoms with Gasteiger partial charge >= 0.3 is 0 Å². The van der Waals surface area contributed by atoms with Crippen LogP contribution in [0.4, 0.5) is 0 Å². The number of aromatic nitrogens is 1. The first-order chi connectivity index (χ1) is 29.3. The number of para-hydroxylation sites is 4. The van der Waals surface area contributed by atoms with E-state index in [4.69, 9.17) is 13.3 Å². The summed E-state index contributed by atoms with van der Waals surface area (Å²) in [7, 11) is 0. The summed E-state index contributed by atoms with van der Waals surface area (Å²) < 4.78 is 25.3. The Morgan fingerprint density at radius 2 is 0.983 bits per heavy atom. The van der Waals surface area contributed by atoms with Crippen LogP contribution in [0.15, 0.2) is 189 Å². The average Bonchev–Trinajstić information content (AvgIpc) is 4.11. The summed E-state index contributed by atoms with van der Waals surface area (Å²) in [6.07, 6.45) is 0. The summed E-state index contributed by atoms with van der Waals surface area (Å²) in [6, 6.07) is 62.5. The van der Waals surface area contributed by atoms with Crippen LogP contribution < -0.4 is 0 Å². The van der Waals surface area contributed by atoms with Gasteiger partial charge in [-0.2, -0.15) is 0 Å². The Morgan fingerprint density at radius 1 is 0.356 bits per heavy atom. The molecule has 0 N–H and O–H groups in total. The lowest BCUT2D eigenvalue weighted by molar-refractivity contribution is 0.661. The van der Waals surface area contributed by atoms with Crippen molar-refractivity contribution >= 4 is 119 Å². The van der Waals surface area contributed by atoms with Crippen LogP contribution in [-0.2, 0) is 0 Å². The summed E-state index contributed by atoms with van der Waals surface area (Å²) in [5.41, 5.74) is 12.8. The van der Waals surface area contributed by atoms with Gasteiger partial charge in [-0.3, -0.25) is 0 Å². The molecule has 59 heavy (non-hydrogen) atoms. The number of nitrogens with zero attached hydrogens (tertiary/aromatic N) is 1. The normalized spacial score (nSPS) is 12.4. The van der Waals surface area contributed by atoms with Gasteiger partial charge in [0.05, 0.1) is 16.7 Å². The highest BCUT2D eigenvalue weighted by molar-refractivity contribution is 7.26. The third-order valence-corrected chi connectivity index (χ3v) is 13.6. The fourth-order valence-corrected chi connectivity index (χ4v) is 11.1. The van der Waals surface area contributed by atoms with Gasteiger partial charge < -0.3 is 17.8 Å². The van der Waals surface area contributed by atoms with E-state index in [1.165, 1.54) is 36.5 Å². The van der Waals surface area contributed by atoms with Crippen LogP contribution >= 0.6 is 11.3 Å². The molecular formula is C54H29NO3S. The van der Waals surface area contributed by atoms with E-state index in [-0.39, 0.29) is 0 Å². The van der Waals surface area contributed by atoms with Gasteiger partial charge in [-0.1, -0.05) is 121 Å². The summed E-state index contributed by atoms with van der Waals surface area (Å²) in [6.45, 7) is 0. The second kappa shape index (κ2) is 11.5. The minimum absolute atomic E-state index is 0.826. The quantitative estimate of drug-likeness (QED) is 0.180. The maximum absolute atomic E-state index is 6.89. The van der Waals surface area contributed by atoms with E-state index < -0.39 is 0 Å². The van der Waals surface area contributed by atoms with E-state index >= 15 is 0 Å². The van der Waals surface area contributed by atoms with Crippen LogP contribution in [0, 0.1) is 0 Å². The Hall–Kier alpha value is -7.60. The van der Waals surface area contributed by atoms with Crippen molar-refractivity contribution in [3.05, 3.63) is 176 Å². The lowest BCUT2D eigenvalue weighted by Gasteiger charge is -2.08. The lowest BCUT2D eigenvalue weighted by Crippen LogP contribution is -1.93. The first-order valence-corrected chi connectivity index (χ1v) is 20.7. The van der Waals surface area contributed by atoms with Crippen molar-refractivity contribution in [1.29, 1.82) is 0 Å². The van der Waals surface area contributed by atoms with Gasteiger partial charge in [-0.05, 0) is 65.7 Å². The molecule has 9 aromatic carbocycles. The Balaban J connectivity index is 0.986. The molecule has 0 saturated heterocycles. The molecule has 0 aliphatic rings. The molecule has 274 valence electrons. The number of benzene rings is 9. The van der Waals surface area contributed by atoms with Crippen molar-refractivity contribution in [3.63, 3.8) is 0 Å². The molecule has 0 radical (unpaired) electrons. The Morgan fingerprint density at radius 3 is 1.83 bits per heavy atom. The highest BCUT2D eigenvalue weighted by atomic mass is 32.1. The molecule has 0 unspecified atom stereocenters. The van der Waals surface area contributed by atoms with Crippen LogP contribution in [0.3, 0.4) is 0 Å². The van der Waals surface area contributed by atoms with E-state index in [1.54, 1.807) is 0 Å². The highest BCUT2D eigenvalue weighted by Gasteiger charge is 2.23. The molecule has 4 nitrogen and oxygen atoms in total. The number of thiophene rings is 1. The van der Waals surface area contributed by atoms with E-state index in [0.717, 1.165) is 99.2 Å². The maximum Gasteiger partial charge on any atom is 0.159 e. The van der Waals surface area contributed by atoms with E-state index in [9.17, 15) is 0 Å². The van der Waals surface area contributed by atoms with Gasteiger partial charge in [-0.15, -0.1) is 11.3 Å². The fourth-order valence-electron chi connectivity index (χ4n) is 9.92. The van der Waals surface area contributed by atoms with Crippen molar-refractivity contribution in [2.45, 2.75) is 0 Å². The van der Waals surface area contributed by atoms with Crippen molar-refractivity contribution in [2.24, 2.45) is 0 Å². The number of fused-ring (bicyclic) bond motifs is 16. The molecule has 5 heterocycles. The van der Waals surface area contributed by atoms with Crippen LogP contribution in [0.25, 0.3) is 136 Å². The molecule has 0 amide bonds. The first kappa shape index (κ1) is 31.5. The maximum atomic E-state index is 6.89. The third kappa shape index (κ3) is 4.21. The monoisotopic (exact) mass is 771 g/mol. The minimum atomic E-state index is 0.826. The largest absolute Gasteiger partial charge is 0.456 e. The predicted molar refractivity (Wildman–Crippen MR) is 246 cm³/mol. The Kier molecular flexibility index (Phi) is 6.14. The molecule has 0 atom stereocenters. The zero-order chi connectivity index (χ0) is 38.3. The van der Waals surface area contributed by atoms with Gasteiger partial charge in [0, 0.05) is 74.4 Å². The van der Waals surface area contributed by atoms with Crippen molar-refractivity contribution < 1.29 is 13.3 Å². The fraction of sp³-hybridized carbons (Fsp3) is 0. The standard InChI is InChI=1S/C54H29NO3S/c1-4-20-41-32(11-1)33-12-2-5-21-42(33)55(41)43-22-9-19-40-50-45(57-53(40)43)27-28-46-51(50)49-31(14-10-23-44(49)56-46)30-25-26-34-36-15-7-16-37(52(36)58-47(34)29-30)39-18-8-17-38-35-13-3-6-24-48(35)59-54(38)39/h1-29H. The van der Waals surface area contributed by atoms with E-state index in [2.05, 4.69) is 168 Å². The molecule has 0 fully saturated rings. The number of hydrogen-bond acceptors (Lipinski definition) is 4. The SMILES string of the molecule is c1cc(-c2ccc3c(c2)oc2c(-c4cccc5c4sc4ccccc45)cccc23)c2c(c1)oc1ccc3oc4c(-n5c6ccccc6c6ccccc65)cccc4c3c12. The Labute approximate surface area is 339 Å². The molecule has 5 heteroatoms. The molecule has 14 rings (SSSR count). The van der Waals surface area contributed by atoms with Crippen molar-refractivity contribution in [2.75, 3.05) is 0 Å². The molecule has 14 aromatic rings. The summed E-state index contributed by atoms with van der Waals surface area (Å²) in [4.78, 5) is 0. The summed E-state index contributed by atoms with van der Waals surface area (Å²) in [5.74, 6) is 0. The van der Waals surface area contributed by atoms with Gasteiger partial charge in [0.1, 0.15) is 27.9 Å². The Bertz CT molecular complexity index is 4040. The third-order valence-electron chi connectivity index (χ3n) is 12.4. The second-order valence-corrected chi connectivity index (χ2v) is 16.5.